The van der Waals surface area contributed by atoms with E-state index in [4.69, 9.17) is 14.9 Å². The highest BCUT2D eigenvalue weighted by atomic mass is 16.5. The monoisotopic (exact) mass is 204 g/mol. The SMILES string of the molecule is CC(C)(C)C(CCOCCO)C(=O)O. The second-order valence-electron chi connectivity index (χ2n) is 4.38. The van der Waals surface area contributed by atoms with E-state index in [1.165, 1.54) is 0 Å². The van der Waals surface area contributed by atoms with Gasteiger partial charge < -0.3 is 14.9 Å². The predicted molar refractivity (Wildman–Crippen MR) is 53.1 cm³/mol. The Hall–Kier alpha value is -0.610. The van der Waals surface area contributed by atoms with Crippen LogP contribution in [0.2, 0.25) is 0 Å². The molecule has 0 bridgehead atoms. The standard InChI is InChI=1S/C10H20O4/c1-10(2,3)8(9(12)13)4-6-14-7-5-11/h8,11H,4-7H2,1-3H3,(H,12,13). The Morgan fingerprint density at radius 2 is 1.93 bits per heavy atom. The summed E-state index contributed by atoms with van der Waals surface area (Å²) in [6.07, 6.45) is 0.485. The van der Waals surface area contributed by atoms with Crippen molar-refractivity contribution < 1.29 is 19.7 Å². The van der Waals surface area contributed by atoms with Crippen molar-refractivity contribution in [2.24, 2.45) is 11.3 Å². The van der Waals surface area contributed by atoms with E-state index in [-0.39, 0.29) is 18.6 Å². The van der Waals surface area contributed by atoms with Gasteiger partial charge in [0.25, 0.3) is 0 Å². The van der Waals surface area contributed by atoms with Crippen molar-refractivity contribution in [3.8, 4) is 0 Å². The van der Waals surface area contributed by atoms with Gasteiger partial charge in [-0.15, -0.1) is 0 Å². The average molecular weight is 204 g/mol. The van der Waals surface area contributed by atoms with Crippen LogP contribution in [0.3, 0.4) is 0 Å². The van der Waals surface area contributed by atoms with E-state index in [1.807, 2.05) is 20.8 Å². The Bertz CT molecular complexity index is 171. The number of aliphatic hydroxyl groups excluding tert-OH is 1. The van der Waals surface area contributed by atoms with Gasteiger partial charge >= 0.3 is 5.97 Å². The number of carbonyl (C=O) groups is 1. The second kappa shape index (κ2) is 5.98. The predicted octanol–water partition coefficient (Wildman–Crippen LogP) is 1.13. The van der Waals surface area contributed by atoms with Crippen LogP contribution in [0.1, 0.15) is 27.2 Å². The molecule has 0 saturated carbocycles. The van der Waals surface area contributed by atoms with Gasteiger partial charge in [0.15, 0.2) is 0 Å². The van der Waals surface area contributed by atoms with E-state index in [2.05, 4.69) is 0 Å². The molecule has 0 heterocycles. The number of hydrogen-bond donors (Lipinski definition) is 2. The number of aliphatic carboxylic acids is 1. The molecule has 0 aromatic carbocycles. The van der Waals surface area contributed by atoms with Gasteiger partial charge in [0.05, 0.1) is 19.1 Å². The van der Waals surface area contributed by atoms with Gasteiger partial charge in [-0.3, -0.25) is 4.79 Å². The van der Waals surface area contributed by atoms with Crippen molar-refractivity contribution in [3.05, 3.63) is 0 Å². The summed E-state index contributed by atoms with van der Waals surface area (Å²) < 4.78 is 5.05. The number of aliphatic hydroxyl groups is 1. The Morgan fingerprint density at radius 3 is 2.29 bits per heavy atom. The molecule has 14 heavy (non-hydrogen) atoms. The van der Waals surface area contributed by atoms with Crippen LogP contribution in [0, 0.1) is 11.3 Å². The molecule has 0 saturated heterocycles. The third-order valence-corrected chi connectivity index (χ3v) is 2.13. The molecule has 0 spiro atoms. The fourth-order valence-corrected chi connectivity index (χ4v) is 1.29. The molecule has 0 fully saturated rings. The van der Waals surface area contributed by atoms with Crippen molar-refractivity contribution in [3.63, 3.8) is 0 Å². The van der Waals surface area contributed by atoms with E-state index in [0.717, 1.165) is 0 Å². The fourth-order valence-electron chi connectivity index (χ4n) is 1.29. The van der Waals surface area contributed by atoms with Crippen molar-refractivity contribution in [2.45, 2.75) is 27.2 Å². The average Bonchev–Trinajstić information content (AvgIpc) is 2.01. The summed E-state index contributed by atoms with van der Waals surface area (Å²) in [6, 6.07) is 0. The zero-order valence-corrected chi connectivity index (χ0v) is 9.12. The molecule has 1 atom stereocenters. The quantitative estimate of drug-likeness (QED) is 0.636. The summed E-state index contributed by atoms with van der Waals surface area (Å²) >= 11 is 0. The molecular weight excluding hydrogens is 184 g/mol. The number of rotatable bonds is 6. The fraction of sp³-hybridized carbons (Fsp3) is 0.900. The van der Waals surface area contributed by atoms with Crippen LogP contribution in [0.25, 0.3) is 0 Å². The van der Waals surface area contributed by atoms with Crippen molar-refractivity contribution in [2.75, 3.05) is 19.8 Å². The van der Waals surface area contributed by atoms with Gasteiger partial charge in [-0.05, 0) is 11.8 Å². The Balaban J connectivity index is 3.94. The summed E-state index contributed by atoms with van der Waals surface area (Å²) in [6.45, 7) is 6.34. The molecule has 4 nitrogen and oxygen atoms in total. The number of carboxylic acid groups (broad SMARTS) is 1. The summed E-state index contributed by atoms with van der Waals surface area (Å²) in [4.78, 5) is 10.9. The largest absolute Gasteiger partial charge is 0.481 e. The van der Waals surface area contributed by atoms with Gasteiger partial charge in [0.2, 0.25) is 0 Å². The molecule has 0 aromatic heterocycles. The van der Waals surface area contributed by atoms with Gasteiger partial charge in [-0.1, -0.05) is 20.8 Å². The molecule has 0 aliphatic heterocycles. The highest BCUT2D eigenvalue weighted by molar-refractivity contribution is 5.70. The third kappa shape index (κ3) is 5.19. The minimum absolute atomic E-state index is 0.0206. The van der Waals surface area contributed by atoms with Gasteiger partial charge in [0.1, 0.15) is 0 Å². The lowest BCUT2D eigenvalue weighted by Crippen LogP contribution is -2.29. The first-order chi connectivity index (χ1) is 6.39. The van der Waals surface area contributed by atoms with Gasteiger partial charge in [-0.2, -0.15) is 0 Å². The van der Waals surface area contributed by atoms with Crippen LogP contribution in [0.15, 0.2) is 0 Å². The molecule has 0 rings (SSSR count). The van der Waals surface area contributed by atoms with Crippen molar-refractivity contribution in [1.82, 2.24) is 0 Å². The minimum atomic E-state index is -0.787. The lowest BCUT2D eigenvalue weighted by atomic mass is 9.79. The smallest absolute Gasteiger partial charge is 0.307 e. The lowest BCUT2D eigenvalue weighted by Gasteiger charge is -2.26. The highest BCUT2D eigenvalue weighted by Crippen LogP contribution is 2.28. The molecule has 0 aromatic rings. The first-order valence-electron chi connectivity index (χ1n) is 4.81. The topological polar surface area (TPSA) is 66.8 Å². The molecule has 0 radical (unpaired) electrons. The van der Waals surface area contributed by atoms with Gasteiger partial charge in [-0.25, -0.2) is 0 Å². The Kier molecular flexibility index (Phi) is 5.72. The third-order valence-electron chi connectivity index (χ3n) is 2.13. The molecule has 2 N–H and O–H groups in total. The van der Waals surface area contributed by atoms with Gasteiger partial charge in [0, 0.05) is 6.61 Å². The zero-order valence-electron chi connectivity index (χ0n) is 9.12. The maximum Gasteiger partial charge on any atom is 0.307 e. The summed E-state index contributed by atoms with van der Waals surface area (Å²) in [5.74, 6) is -1.19. The summed E-state index contributed by atoms with van der Waals surface area (Å²) in [7, 11) is 0. The minimum Gasteiger partial charge on any atom is -0.481 e. The zero-order chi connectivity index (χ0) is 11.2. The van der Waals surface area contributed by atoms with Crippen LogP contribution < -0.4 is 0 Å². The van der Waals surface area contributed by atoms with Crippen LogP contribution in [-0.4, -0.2) is 36.0 Å². The summed E-state index contributed by atoms with van der Waals surface area (Å²) in [5, 5.41) is 17.4. The molecule has 0 amide bonds. The molecule has 4 heteroatoms. The van der Waals surface area contributed by atoms with Crippen LogP contribution in [-0.2, 0) is 9.53 Å². The molecule has 84 valence electrons. The first-order valence-corrected chi connectivity index (χ1v) is 4.81. The number of carboxylic acids is 1. The highest BCUT2D eigenvalue weighted by Gasteiger charge is 2.30. The normalized spacial score (nSPS) is 14.0. The van der Waals surface area contributed by atoms with E-state index >= 15 is 0 Å². The van der Waals surface area contributed by atoms with Crippen LogP contribution in [0.5, 0.6) is 0 Å². The Morgan fingerprint density at radius 1 is 1.36 bits per heavy atom. The summed E-state index contributed by atoms with van der Waals surface area (Å²) in [5.41, 5.74) is -0.256. The van der Waals surface area contributed by atoms with E-state index in [0.29, 0.717) is 13.0 Å². The van der Waals surface area contributed by atoms with Crippen LogP contribution >= 0.6 is 0 Å². The molecule has 0 aliphatic rings. The molecule has 0 aliphatic carbocycles. The maximum atomic E-state index is 10.9. The molecule has 1 unspecified atom stereocenters. The van der Waals surface area contributed by atoms with Crippen LogP contribution in [0.4, 0.5) is 0 Å². The lowest BCUT2D eigenvalue weighted by molar-refractivity contribution is -0.146. The number of hydrogen-bond acceptors (Lipinski definition) is 3. The van der Waals surface area contributed by atoms with E-state index in [1.54, 1.807) is 0 Å². The number of ether oxygens (including phenoxy) is 1. The van der Waals surface area contributed by atoms with Crippen molar-refractivity contribution >= 4 is 5.97 Å². The van der Waals surface area contributed by atoms with Crippen molar-refractivity contribution in [1.29, 1.82) is 0 Å². The molecular formula is C10H20O4. The van der Waals surface area contributed by atoms with E-state index in [9.17, 15) is 4.79 Å². The second-order valence-corrected chi connectivity index (χ2v) is 4.38. The van der Waals surface area contributed by atoms with E-state index < -0.39 is 11.9 Å². The maximum absolute atomic E-state index is 10.9. The Labute approximate surface area is 84.9 Å². The first kappa shape index (κ1) is 13.4.